The molecule has 2 fully saturated rings. The van der Waals surface area contributed by atoms with Crippen molar-refractivity contribution in [2.75, 3.05) is 0 Å². The van der Waals surface area contributed by atoms with Crippen LogP contribution in [0.4, 0.5) is 0 Å². The number of primary amides is 1. The Morgan fingerprint density at radius 1 is 1.43 bits per heavy atom. The Labute approximate surface area is 83.2 Å². The quantitative estimate of drug-likeness (QED) is 0.675. The highest BCUT2D eigenvalue weighted by Crippen LogP contribution is 2.39. The van der Waals surface area contributed by atoms with Gasteiger partial charge in [0, 0.05) is 18.9 Å². The number of carbonyl (C=O) groups is 2. The lowest BCUT2D eigenvalue weighted by Crippen LogP contribution is -2.47. The molecule has 1 saturated heterocycles. The molecule has 1 aliphatic carbocycles. The van der Waals surface area contributed by atoms with Crippen molar-refractivity contribution in [3.8, 4) is 0 Å². The summed E-state index contributed by atoms with van der Waals surface area (Å²) in [6.07, 6.45) is 4.14. The van der Waals surface area contributed by atoms with Crippen LogP contribution in [0.15, 0.2) is 0 Å². The largest absolute Gasteiger partial charge is 0.370 e. The Kier molecular flexibility index (Phi) is 2.44. The minimum absolute atomic E-state index is 0.127. The van der Waals surface area contributed by atoms with Crippen molar-refractivity contribution >= 4 is 11.8 Å². The Balaban J connectivity index is 1.98. The second-order valence-corrected chi connectivity index (χ2v) is 4.40. The second-order valence-electron chi connectivity index (χ2n) is 4.40. The minimum Gasteiger partial charge on any atom is -0.370 e. The Morgan fingerprint density at radius 3 is 2.71 bits per heavy atom. The summed E-state index contributed by atoms with van der Waals surface area (Å²) in [6, 6.07) is 0.212. The zero-order chi connectivity index (χ0) is 10.1. The highest BCUT2D eigenvalue weighted by atomic mass is 16.2. The van der Waals surface area contributed by atoms with Gasteiger partial charge in [-0.2, -0.15) is 0 Å². The van der Waals surface area contributed by atoms with Crippen LogP contribution >= 0.6 is 0 Å². The number of rotatable bonds is 3. The molecule has 1 saturated carbocycles. The van der Waals surface area contributed by atoms with Gasteiger partial charge in [0.05, 0.1) is 0 Å². The van der Waals surface area contributed by atoms with Crippen molar-refractivity contribution in [1.82, 2.24) is 5.32 Å². The molecule has 0 aromatic heterocycles. The summed E-state index contributed by atoms with van der Waals surface area (Å²) in [6.45, 7) is 0. The number of carbonyl (C=O) groups excluding carboxylic acids is 2. The number of amides is 2. The topological polar surface area (TPSA) is 72.2 Å². The molecule has 0 bridgehead atoms. The zero-order valence-corrected chi connectivity index (χ0v) is 8.16. The van der Waals surface area contributed by atoms with Gasteiger partial charge in [0.25, 0.3) is 0 Å². The van der Waals surface area contributed by atoms with Crippen molar-refractivity contribution in [3.63, 3.8) is 0 Å². The summed E-state index contributed by atoms with van der Waals surface area (Å²) in [7, 11) is 0. The molecular weight excluding hydrogens is 180 g/mol. The molecule has 1 aliphatic heterocycles. The third-order valence-corrected chi connectivity index (χ3v) is 3.17. The molecule has 1 heterocycles. The van der Waals surface area contributed by atoms with Crippen LogP contribution in [0.5, 0.6) is 0 Å². The van der Waals surface area contributed by atoms with E-state index in [4.69, 9.17) is 5.73 Å². The first-order valence-electron chi connectivity index (χ1n) is 5.24. The van der Waals surface area contributed by atoms with Gasteiger partial charge in [-0.25, -0.2) is 0 Å². The third kappa shape index (κ3) is 2.05. The Morgan fingerprint density at radius 2 is 2.14 bits per heavy atom. The van der Waals surface area contributed by atoms with Crippen molar-refractivity contribution in [2.45, 2.75) is 38.1 Å². The standard InChI is InChI=1S/C10H16N2O2/c11-8(13)5-7-3-4-9(14)12-10(7)6-1-2-6/h6-7,10H,1-5H2,(H2,11,13)(H,12,14)/t7-,10-/m1/s1. The molecule has 0 unspecified atom stereocenters. The third-order valence-electron chi connectivity index (χ3n) is 3.17. The fraction of sp³-hybridized carbons (Fsp3) is 0.800. The van der Waals surface area contributed by atoms with E-state index in [-0.39, 0.29) is 23.8 Å². The van der Waals surface area contributed by atoms with Crippen molar-refractivity contribution in [2.24, 2.45) is 17.6 Å². The van der Waals surface area contributed by atoms with E-state index in [1.807, 2.05) is 0 Å². The van der Waals surface area contributed by atoms with E-state index < -0.39 is 0 Å². The molecule has 78 valence electrons. The van der Waals surface area contributed by atoms with E-state index in [0.29, 0.717) is 18.8 Å². The lowest BCUT2D eigenvalue weighted by molar-refractivity contribution is -0.126. The van der Waals surface area contributed by atoms with E-state index in [0.717, 1.165) is 6.42 Å². The molecule has 3 N–H and O–H groups in total. The molecule has 0 radical (unpaired) electrons. The van der Waals surface area contributed by atoms with Crippen LogP contribution in [0.3, 0.4) is 0 Å². The zero-order valence-electron chi connectivity index (χ0n) is 8.16. The van der Waals surface area contributed by atoms with Crippen LogP contribution in [0, 0.1) is 11.8 Å². The average molecular weight is 196 g/mol. The van der Waals surface area contributed by atoms with Gasteiger partial charge in [0.1, 0.15) is 0 Å². The predicted octanol–water partition coefficient (Wildman–Crippen LogP) is 0.167. The van der Waals surface area contributed by atoms with E-state index in [1.54, 1.807) is 0 Å². The molecular formula is C10H16N2O2. The molecule has 2 amide bonds. The van der Waals surface area contributed by atoms with Gasteiger partial charge in [0.2, 0.25) is 11.8 Å². The van der Waals surface area contributed by atoms with Gasteiger partial charge in [0.15, 0.2) is 0 Å². The summed E-state index contributed by atoms with van der Waals surface area (Å²) in [5.41, 5.74) is 5.19. The van der Waals surface area contributed by atoms with E-state index in [2.05, 4.69) is 5.32 Å². The maximum absolute atomic E-state index is 11.2. The van der Waals surface area contributed by atoms with E-state index in [1.165, 1.54) is 12.8 Å². The summed E-state index contributed by atoms with van der Waals surface area (Å²) in [4.78, 5) is 22.1. The average Bonchev–Trinajstić information content (AvgIpc) is 2.90. The summed E-state index contributed by atoms with van der Waals surface area (Å²) in [5.74, 6) is 0.751. The van der Waals surface area contributed by atoms with Crippen molar-refractivity contribution in [1.29, 1.82) is 0 Å². The predicted molar refractivity (Wildman–Crippen MR) is 51.2 cm³/mol. The monoisotopic (exact) mass is 196 g/mol. The van der Waals surface area contributed by atoms with Gasteiger partial charge in [-0.3, -0.25) is 9.59 Å². The van der Waals surface area contributed by atoms with Gasteiger partial charge in [-0.15, -0.1) is 0 Å². The van der Waals surface area contributed by atoms with Crippen LogP contribution < -0.4 is 11.1 Å². The van der Waals surface area contributed by atoms with Gasteiger partial charge in [-0.05, 0) is 31.1 Å². The normalized spacial score (nSPS) is 32.4. The molecule has 2 rings (SSSR count). The van der Waals surface area contributed by atoms with Crippen LogP contribution in [-0.2, 0) is 9.59 Å². The van der Waals surface area contributed by atoms with Gasteiger partial charge >= 0.3 is 0 Å². The number of hydrogen-bond acceptors (Lipinski definition) is 2. The van der Waals surface area contributed by atoms with Gasteiger partial charge < -0.3 is 11.1 Å². The molecule has 0 spiro atoms. The fourth-order valence-corrected chi connectivity index (χ4v) is 2.32. The molecule has 4 heteroatoms. The van der Waals surface area contributed by atoms with Crippen molar-refractivity contribution in [3.05, 3.63) is 0 Å². The van der Waals surface area contributed by atoms with Crippen LogP contribution in [0.2, 0.25) is 0 Å². The number of nitrogens with one attached hydrogen (secondary N) is 1. The fourth-order valence-electron chi connectivity index (χ4n) is 2.32. The first-order chi connectivity index (χ1) is 6.66. The van der Waals surface area contributed by atoms with E-state index >= 15 is 0 Å². The first kappa shape index (κ1) is 9.49. The molecule has 4 nitrogen and oxygen atoms in total. The highest BCUT2D eigenvalue weighted by Gasteiger charge is 2.40. The first-order valence-corrected chi connectivity index (χ1v) is 5.24. The SMILES string of the molecule is NC(=O)C[C@H]1CCC(=O)N[C@@H]1C1CC1. The molecule has 2 aliphatic rings. The molecule has 14 heavy (non-hydrogen) atoms. The lowest BCUT2D eigenvalue weighted by Gasteiger charge is -2.31. The Hall–Kier alpha value is -1.06. The van der Waals surface area contributed by atoms with Crippen LogP contribution in [0.25, 0.3) is 0 Å². The maximum Gasteiger partial charge on any atom is 0.220 e. The minimum atomic E-state index is -0.253. The number of nitrogens with two attached hydrogens (primary N) is 1. The maximum atomic E-state index is 11.2. The number of piperidine rings is 1. The van der Waals surface area contributed by atoms with E-state index in [9.17, 15) is 9.59 Å². The summed E-state index contributed by atoms with van der Waals surface area (Å²) in [5, 5.41) is 2.99. The number of hydrogen-bond donors (Lipinski definition) is 2. The highest BCUT2D eigenvalue weighted by molar-refractivity contribution is 5.78. The van der Waals surface area contributed by atoms with Crippen LogP contribution in [-0.4, -0.2) is 17.9 Å². The lowest BCUT2D eigenvalue weighted by atomic mass is 9.85. The van der Waals surface area contributed by atoms with Gasteiger partial charge in [-0.1, -0.05) is 0 Å². The Bertz CT molecular complexity index is 261. The van der Waals surface area contributed by atoms with Crippen molar-refractivity contribution < 1.29 is 9.59 Å². The smallest absolute Gasteiger partial charge is 0.220 e. The molecule has 2 atom stereocenters. The summed E-state index contributed by atoms with van der Waals surface area (Å²) >= 11 is 0. The second kappa shape index (κ2) is 3.59. The molecule has 0 aromatic rings. The summed E-state index contributed by atoms with van der Waals surface area (Å²) < 4.78 is 0. The molecule has 0 aromatic carbocycles. The van der Waals surface area contributed by atoms with Crippen LogP contribution in [0.1, 0.15) is 32.1 Å².